The van der Waals surface area contributed by atoms with E-state index in [0.29, 0.717) is 6.61 Å². The van der Waals surface area contributed by atoms with E-state index in [1.165, 1.54) is 0 Å². The van der Waals surface area contributed by atoms with Gasteiger partial charge in [-0.05, 0) is 13.3 Å². The van der Waals surface area contributed by atoms with E-state index in [9.17, 15) is 4.79 Å². The van der Waals surface area contributed by atoms with Crippen LogP contribution in [-0.4, -0.2) is 50.1 Å². The average Bonchev–Trinajstić information content (AvgIpc) is 2.27. The lowest BCUT2D eigenvalue weighted by Crippen LogP contribution is -2.52. The highest BCUT2D eigenvalue weighted by Gasteiger charge is 2.21. The highest BCUT2D eigenvalue weighted by molar-refractivity contribution is 5.67. The summed E-state index contributed by atoms with van der Waals surface area (Å²) in [7, 11) is 0. The van der Waals surface area contributed by atoms with Crippen molar-refractivity contribution in [1.29, 1.82) is 0 Å². The van der Waals surface area contributed by atoms with Crippen LogP contribution < -0.4 is 5.32 Å². The zero-order chi connectivity index (χ0) is 11.1. The standard InChI is InChI=1S/C10H20N2O3/c1-3-9(11-10(13)15-4-2)12-5-7-14-8-6-12/h9H,3-8H2,1-2H3,(H,11,13). The fourth-order valence-electron chi connectivity index (χ4n) is 1.65. The van der Waals surface area contributed by atoms with Crippen LogP contribution in [0.5, 0.6) is 0 Å². The molecule has 1 heterocycles. The molecule has 1 unspecified atom stereocenters. The number of rotatable bonds is 4. The second-order valence-electron chi connectivity index (χ2n) is 3.44. The fraction of sp³-hybridized carbons (Fsp3) is 0.900. The summed E-state index contributed by atoms with van der Waals surface area (Å²) in [5.74, 6) is 0. The average molecular weight is 216 g/mol. The third kappa shape index (κ3) is 4.05. The number of nitrogens with one attached hydrogen (secondary N) is 1. The first-order valence-corrected chi connectivity index (χ1v) is 5.53. The summed E-state index contributed by atoms with van der Waals surface area (Å²) >= 11 is 0. The van der Waals surface area contributed by atoms with Crippen LogP contribution in [-0.2, 0) is 9.47 Å². The number of carbonyl (C=O) groups excluding carboxylic acids is 1. The van der Waals surface area contributed by atoms with Gasteiger partial charge in [0.2, 0.25) is 0 Å². The van der Waals surface area contributed by atoms with E-state index >= 15 is 0 Å². The molecule has 0 aromatic heterocycles. The molecule has 0 bridgehead atoms. The highest BCUT2D eigenvalue weighted by atomic mass is 16.5. The smallest absolute Gasteiger partial charge is 0.408 e. The molecule has 1 aliphatic heterocycles. The molecular weight excluding hydrogens is 196 g/mol. The minimum atomic E-state index is -0.337. The maximum Gasteiger partial charge on any atom is 0.408 e. The van der Waals surface area contributed by atoms with Gasteiger partial charge in [0.25, 0.3) is 0 Å². The zero-order valence-corrected chi connectivity index (χ0v) is 9.49. The van der Waals surface area contributed by atoms with Gasteiger partial charge in [-0.1, -0.05) is 6.92 Å². The van der Waals surface area contributed by atoms with Crippen molar-refractivity contribution >= 4 is 6.09 Å². The van der Waals surface area contributed by atoms with Crippen LogP contribution in [0.3, 0.4) is 0 Å². The van der Waals surface area contributed by atoms with Gasteiger partial charge in [-0.25, -0.2) is 4.79 Å². The number of morpholine rings is 1. The number of hydrogen-bond donors (Lipinski definition) is 1. The number of hydrogen-bond acceptors (Lipinski definition) is 4. The largest absolute Gasteiger partial charge is 0.450 e. The topological polar surface area (TPSA) is 50.8 Å². The quantitative estimate of drug-likeness (QED) is 0.755. The minimum absolute atomic E-state index is 0.0629. The molecule has 5 nitrogen and oxygen atoms in total. The molecule has 1 aliphatic rings. The van der Waals surface area contributed by atoms with Crippen molar-refractivity contribution in [1.82, 2.24) is 10.2 Å². The summed E-state index contributed by atoms with van der Waals surface area (Å²) in [4.78, 5) is 13.5. The molecule has 0 aromatic rings. The molecule has 15 heavy (non-hydrogen) atoms. The second-order valence-corrected chi connectivity index (χ2v) is 3.44. The predicted octanol–water partition coefficient (Wildman–Crippen LogP) is 0.801. The van der Waals surface area contributed by atoms with Crippen LogP contribution in [0.2, 0.25) is 0 Å². The van der Waals surface area contributed by atoms with E-state index in [2.05, 4.69) is 10.2 Å². The van der Waals surface area contributed by atoms with Gasteiger partial charge in [-0.2, -0.15) is 0 Å². The Kier molecular flexibility index (Phi) is 5.42. The van der Waals surface area contributed by atoms with Crippen molar-refractivity contribution < 1.29 is 14.3 Å². The molecule has 0 aliphatic carbocycles. The first-order chi connectivity index (χ1) is 7.27. The van der Waals surface area contributed by atoms with Crippen molar-refractivity contribution in [3.63, 3.8) is 0 Å². The van der Waals surface area contributed by atoms with E-state index in [1.54, 1.807) is 6.92 Å². The maximum absolute atomic E-state index is 11.3. The molecule has 0 saturated carbocycles. The Morgan fingerprint density at radius 1 is 1.47 bits per heavy atom. The third-order valence-corrected chi connectivity index (χ3v) is 2.43. The summed E-state index contributed by atoms with van der Waals surface area (Å²) in [6, 6.07) is 0. The van der Waals surface area contributed by atoms with Gasteiger partial charge >= 0.3 is 6.09 Å². The lowest BCUT2D eigenvalue weighted by molar-refractivity contribution is 0.00744. The van der Waals surface area contributed by atoms with E-state index in [4.69, 9.17) is 9.47 Å². The Morgan fingerprint density at radius 2 is 2.13 bits per heavy atom. The summed E-state index contributed by atoms with van der Waals surface area (Å²) in [6.45, 7) is 7.46. The summed E-state index contributed by atoms with van der Waals surface area (Å²) in [6.07, 6.45) is 0.600. The van der Waals surface area contributed by atoms with Crippen LogP contribution in [0.25, 0.3) is 0 Å². The molecule has 0 spiro atoms. The van der Waals surface area contributed by atoms with Gasteiger partial charge in [0.15, 0.2) is 0 Å². The summed E-state index contributed by atoms with van der Waals surface area (Å²) < 4.78 is 10.1. The van der Waals surface area contributed by atoms with Crippen molar-refractivity contribution in [2.45, 2.75) is 26.4 Å². The molecule has 1 N–H and O–H groups in total. The van der Waals surface area contributed by atoms with Gasteiger partial charge in [0.1, 0.15) is 0 Å². The molecule has 0 radical (unpaired) electrons. The first-order valence-electron chi connectivity index (χ1n) is 5.53. The minimum Gasteiger partial charge on any atom is -0.450 e. The van der Waals surface area contributed by atoms with Crippen molar-refractivity contribution in [3.05, 3.63) is 0 Å². The van der Waals surface area contributed by atoms with Crippen molar-refractivity contribution in [2.24, 2.45) is 0 Å². The molecule has 1 fully saturated rings. The molecule has 1 rings (SSSR count). The highest BCUT2D eigenvalue weighted by Crippen LogP contribution is 2.05. The Bertz CT molecular complexity index is 193. The monoisotopic (exact) mass is 216 g/mol. The Balaban J connectivity index is 2.36. The molecule has 5 heteroatoms. The van der Waals surface area contributed by atoms with Crippen LogP contribution in [0, 0.1) is 0 Å². The SMILES string of the molecule is CCOC(=O)NC(CC)N1CCOCC1. The zero-order valence-electron chi connectivity index (χ0n) is 9.49. The molecule has 88 valence electrons. The lowest BCUT2D eigenvalue weighted by atomic mass is 10.3. The second kappa shape index (κ2) is 6.63. The van der Waals surface area contributed by atoms with Gasteiger partial charge in [-0.15, -0.1) is 0 Å². The van der Waals surface area contributed by atoms with E-state index in [1.807, 2.05) is 6.92 Å². The molecule has 1 amide bonds. The number of amides is 1. The Hall–Kier alpha value is -0.810. The first kappa shape index (κ1) is 12.3. The number of carbonyl (C=O) groups is 1. The third-order valence-electron chi connectivity index (χ3n) is 2.43. The van der Waals surface area contributed by atoms with Gasteiger partial charge < -0.3 is 14.8 Å². The normalized spacial score (nSPS) is 19.6. The van der Waals surface area contributed by atoms with Crippen LogP contribution >= 0.6 is 0 Å². The van der Waals surface area contributed by atoms with Crippen molar-refractivity contribution in [2.75, 3.05) is 32.9 Å². The molecule has 0 aromatic carbocycles. The Morgan fingerprint density at radius 3 is 2.67 bits per heavy atom. The van der Waals surface area contributed by atoms with Crippen molar-refractivity contribution in [3.8, 4) is 0 Å². The summed E-state index contributed by atoms with van der Waals surface area (Å²) in [5.41, 5.74) is 0. The molecule has 1 atom stereocenters. The van der Waals surface area contributed by atoms with Crippen LogP contribution in [0.1, 0.15) is 20.3 Å². The van der Waals surface area contributed by atoms with E-state index in [-0.39, 0.29) is 12.3 Å². The van der Waals surface area contributed by atoms with Gasteiger partial charge in [-0.3, -0.25) is 4.90 Å². The summed E-state index contributed by atoms with van der Waals surface area (Å²) in [5, 5.41) is 2.85. The fourth-order valence-corrected chi connectivity index (χ4v) is 1.65. The van der Waals surface area contributed by atoms with Crippen LogP contribution in [0.4, 0.5) is 4.79 Å². The number of ether oxygens (including phenoxy) is 2. The number of nitrogens with zero attached hydrogens (tertiary/aromatic N) is 1. The lowest BCUT2D eigenvalue weighted by Gasteiger charge is -2.33. The number of alkyl carbamates (subject to hydrolysis) is 1. The molecule has 1 saturated heterocycles. The molecular formula is C10H20N2O3. The predicted molar refractivity (Wildman–Crippen MR) is 56.6 cm³/mol. The maximum atomic E-state index is 11.3. The van der Waals surface area contributed by atoms with E-state index in [0.717, 1.165) is 32.7 Å². The van der Waals surface area contributed by atoms with Crippen LogP contribution in [0.15, 0.2) is 0 Å². The Labute approximate surface area is 90.7 Å². The van der Waals surface area contributed by atoms with Gasteiger partial charge in [0, 0.05) is 13.1 Å². The van der Waals surface area contributed by atoms with E-state index < -0.39 is 0 Å². The van der Waals surface area contributed by atoms with Gasteiger partial charge in [0.05, 0.1) is 26.0 Å².